The number of benzene rings is 1. The molecule has 0 amide bonds. The normalized spacial score (nSPS) is 19.1. The molecule has 71 valence electrons. The molecule has 1 radical (unpaired) electrons. The van der Waals surface area contributed by atoms with Gasteiger partial charge in [-0.05, 0) is 23.6 Å². The van der Waals surface area contributed by atoms with Gasteiger partial charge in [-0.1, -0.05) is 58.4 Å². The third-order valence-corrected chi connectivity index (χ3v) is 2.81. The van der Waals surface area contributed by atoms with E-state index >= 15 is 0 Å². The summed E-state index contributed by atoms with van der Waals surface area (Å²) in [5.74, 6) is 0.460. The molecule has 0 fully saturated rings. The molecule has 0 spiro atoms. The standard InChI is InChI=1S/C13H12Br/c14-10-4-3-6-12-9-8-11-5-1-2-7-13(11)12/h1-5,7-8,12H,6,10H2. The maximum Gasteiger partial charge on any atom is 0.0212 e. The Morgan fingerprint density at radius 1 is 1.29 bits per heavy atom. The summed E-state index contributed by atoms with van der Waals surface area (Å²) in [6.07, 6.45) is 10.9. The van der Waals surface area contributed by atoms with Gasteiger partial charge in [-0.2, -0.15) is 0 Å². The second kappa shape index (κ2) is 4.61. The fourth-order valence-corrected chi connectivity index (χ4v) is 1.99. The Morgan fingerprint density at radius 2 is 2.14 bits per heavy atom. The minimum atomic E-state index is 0.460. The molecule has 14 heavy (non-hydrogen) atoms. The van der Waals surface area contributed by atoms with Gasteiger partial charge in [-0.25, -0.2) is 0 Å². The van der Waals surface area contributed by atoms with Crippen molar-refractivity contribution < 1.29 is 0 Å². The molecule has 0 saturated heterocycles. The molecule has 0 N–H and O–H groups in total. The van der Waals surface area contributed by atoms with Gasteiger partial charge in [0.15, 0.2) is 0 Å². The molecular weight excluding hydrogens is 236 g/mol. The SMILES string of the molecule is BrCC=CCC1[C]=Cc2ccccc21. The lowest BCUT2D eigenvalue weighted by Crippen LogP contribution is -1.91. The van der Waals surface area contributed by atoms with E-state index in [1.165, 1.54) is 11.1 Å². The van der Waals surface area contributed by atoms with Crippen molar-refractivity contribution in [3.63, 3.8) is 0 Å². The van der Waals surface area contributed by atoms with Crippen molar-refractivity contribution in [1.82, 2.24) is 0 Å². The van der Waals surface area contributed by atoms with Crippen LogP contribution in [0.25, 0.3) is 6.08 Å². The van der Waals surface area contributed by atoms with Gasteiger partial charge in [0.25, 0.3) is 0 Å². The first kappa shape index (κ1) is 9.72. The summed E-state index contributed by atoms with van der Waals surface area (Å²) < 4.78 is 0. The largest absolute Gasteiger partial charge is 0.0883 e. The number of hydrogen-bond donors (Lipinski definition) is 0. The lowest BCUT2D eigenvalue weighted by atomic mass is 9.98. The summed E-state index contributed by atoms with van der Waals surface area (Å²) in [5, 5.41) is 0.936. The van der Waals surface area contributed by atoms with E-state index in [1.807, 2.05) is 0 Å². The molecule has 2 rings (SSSR count). The highest BCUT2D eigenvalue weighted by Gasteiger charge is 2.14. The Hall–Kier alpha value is -0.820. The van der Waals surface area contributed by atoms with Gasteiger partial charge in [-0.3, -0.25) is 0 Å². The van der Waals surface area contributed by atoms with Crippen LogP contribution >= 0.6 is 15.9 Å². The zero-order valence-corrected chi connectivity index (χ0v) is 9.50. The second-order valence-electron chi connectivity index (χ2n) is 3.35. The van der Waals surface area contributed by atoms with E-state index in [4.69, 9.17) is 0 Å². The van der Waals surface area contributed by atoms with Crippen LogP contribution in [-0.2, 0) is 0 Å². The maximum atomic E-state index is 3.39. The Bertz CT molecular complexity index is 363. The van der Waals surface area contributed by atoms with Crippen molar-refractivity contribution in [3.8, 4) is 0 Å². The molecule has 0 bridgehead atoms. The van der Waals surface area contributed by atoms with Crippen LogP contribution in [0.1, 0.15) is 23.5 Å². The first-order valence-electron chi connectivity index (χ1n) is 4.81. The van der Waals surface area contributed by atoms with Crippen molar-refractivity contribution in [2.45, 2.75) is 12.3 Å². The minimum absolute atomic E-state index is 0.460. The van der Waals surface area contributed by atoms with Crippen LogP contribution in [0.3, 0.4) is 0 Å². The van der Waals surface area contributed by atoms with Gasteiger partial charge in [0.05, 0.1) is 0 Å². The quantitative estimate of drug-likeness (QED) is 0.561. The van der Waals surface area contributed by atoms with Crippen LogP contribution in [0.2, 0.25) is 0 Å². The summed E-state index contributed by atoms with van der Waals surface area (Å²) >= 11 is 3.38. The van der Waals surface area contributed by atoms with Gasteiger partial charge in [-0.15, -0.1) is 0 Å². The van der Waals surface area contributed by atoms with Gasteiger partial charge >= 0.3 is 0 Å². The predicted octanol–water partition coefficient (Wildman–Crippen LogP) is 3.94. The minimum Gasteiger partial charge on any atom is -0.0883 e. The monoisotopic (exact) mass is 247 g/mol. The molecule has 1 aliphatic rings. The maximum absolute atomic E-state index is 3.39. The summed E-state index contributed by atoms with van der Waals surface area (Å²) in [4.78, 5) is 0. The van der Waals surface area contributed by atoms with E-state index in [1.54, 1.807) is 0 Å². The van der Waals surface area contributed by atoms with E-state index in [9.17, 15) is 0 Å². The van der Waals surface area contributed by atoms with Crippen molar-refractivity contribution in [1.29, 1.82) is 0 Å². The van der Waals surface area contributed by atoms with Gasteiger partial charge in [0, 0.05) is 11.2 Å². The van der Waals surface area contributed by atoms with Crippen molar-refractivity contribution >= 4 is 22.0 Å². The van der Waals surface area contributed by atoms with Gasteiger partial charge in [0.1, 0.15) is 0 Å². The molecule has 1 aliphatic carbocycles. The number of halogens is 1. The number of fused-ring (bicyclic) bond motifs is 1. The molecule has 1 heteroatoms. The van der Waals surface area contributed by atoms with Crippen LogP contribution in [0.5, 0.6) is 0 Å². The fourth-order valence-electron chi connectivity index (χ4n) is 1.73. The zero-order valence-electron chi connectivity index (χ0n) is 7.91. The Morgan fingerprint density at radius 3 is 3.00 bits per heavy atom. The van der Waals surface area contributed by atoms with E-state index in [2.05, 4.69) is 64.5 Å². The fraction of sp³-hybridized carbons (Fsp3) is 0.231. The molecular formula is C13H12Br. The highest BCUT2D eigenvalue weighted by Crippen LogP contribution is 2.31. The van der Waals surface area contributed by atoms with Gasteiger partial charge in [0.2, 0.25) is 0 Å². The molecule has 0 aromatic heterocycles. The molecule has 0 nitrogen and oxygen atoms in total. The van der Waals surface area contributed by atoms with E-state index < -0.39 is 0 Å². The smallest absolute Gasteiger partial charge is 0.0212 e. The number of rotatable bonds is 3. The van der Waals surface area contributed by atoms with Crippen molar-refractivity contribution in [2.24, 2.45) is 0 Å². The first-order chi connectivity index (χ1) is 6.92. The van der Waals surface area contributed by atoms with Crippen LogP contribution in [0.4, 0.5) is 0 Å². The second-order valence-corrected chi connectivity index (χ2v) is 4.00. The Balaban J connectivity index is 2.11. The Kier molecular flexibility index (Phi) is 3.20. The van der Waals surface area contributed by atoms with E-state index in [0.717, 1.165) is 11.8 Å². The lowest BCUT2D eigenvalue weighted by molar-refractivity contribution is 0.859. The average molecular weight is 248 g/mol. The first-order valence-corrected chi connectivity index (χ1v) is 5.93. The highest BCUT2D eigenvalue weighted by atomic mass is 79.9. The highest BCUT2D eigenvalue weighted by molar-refractivity contribution is 9.09. The number of alkyl halides is 1. The molecule has 1 aromatic carbocycles. The lowest BCUT2D eigenvalue weighted by Gasteiger charge is -2.06. The molecule has 0 heterocycles. The molecule has 1 aromatic rings. The summed E-state index contributed by atoms with van der Waals surface area (Å²) in [5.41, 5.74) is 2.73. The topological polar surface area (TPSA) is 0 Å². The van der Waals surface area contributed by atoms with E-state index in [0.29, 0.717) is 5.92 Å². The molecule has 0 aliphatic heterocycles. The summed E-state index contributed by atoms with van der Waals surface area (Å²) in [6.45, 7) is 0. The van der Waals surface area contributed by atoms with Crippen LogP contribution in [0.15, 0.2) is 36.4 Å². The average Bonchev–Trinajstić information content (AvgIpc) is 2.63. The van der Waals surface area contributed by atoms with Crippen molar-refractivity contribution in [2.75, 3.05) is 5.33 Å². The Labute approximate surface area is 93.5 Å². The number of hydrogen-bond acceptors (Lipinski definition) is 0. The molecule has 1 atom stereocenters. The predicted molar refractivity (Wildman–Crippen MR) is 64.4 cm³/mol. The van der Waals surface area contributed by atoms with Crippen LogP contribution in [0, 0.1) is 6.08 Å². The third-order valence-electron chi connectivity index (χ3n) is 2.44. The zero-order chi connectivity index (χ0) is 9.80. The summed E-state index contributed by atoms with van der Waals surface area (Å²) in [6, 6.07) is 8.52. The number of allylic oxidation sites excluding steroid dienone is 3. The van der Waals surface area contributed by atoms with Crippen molar-refractivity contribution in [3.05, 3.63) is 53.6 Å². The van der Waals surface area contributed by atoms with Crippen LogP contribution in [-0.4, -0.2) is 5.33 Å². The summed E-state index contributed by atoms with van der Waals surface area (Å²) in [7, 11) is 0. The van der Waals surface area contributed by atoms with Gasteiger partial charge < -0.3 is 0 Å². The van der Waals surface area contributed by atoms with Crippen LogP contribution < -0.4 is 0 Å². The molecule has 1 unspecified atom stereocenters. The van der Waals surface area contributed by atoms with E-state index in [-0.39, 0.29) is 0 Å². The third kappa shape index (κ3) is 1.98. The molecule has 0 saturated carbocycles.